The van der Waals surface area contributed by atoms with Crippen molar-refractivity contribution in [1.29, 1.82) is 0 Å². The van der Waals surface area contributed by atoms with Crippen LogP contribution < -0.4 is 5.48 Å². The third-order valence-corrected chi connectivity index (χ3v) is 6.94. The molecule has 3 N–H and O–H groups in total. The number of carbonyl (C=O) groups is 2. The normalized spacial score (nSPS) is 14.8. The summed E-state index contributed by atoms with van der Waals surface area (Å²) in [5, 5.41) is 9.91. The molecule has 1 unspecified atom stereocenters. The van der Waals surface area contributed by atoms with Crippen molar-refractivity contribution in [3.05, 3.63) is 113 Å². The van der Waals surface area contributed by atoms with Crippen molar-refractivity contribution in [3.8, 4) is 0 Å². The Morgan fingerprint density at radius 2 is 1.86 bits per heavy atom. The van der Waals surface area contributed by atoms with E-state index >= 15 is 0 Å². The van der Waals surface area contributed by atoms with E-state index in [0.29, 0.717) is 13.0 Å². The monoisotopic (exact) mass is 479 g/mol. The number of H-pyrrole nitrogens is 1. The van der Waals surface area contributed by atoms with E-state index in [4.69, 9.17) is 5.21 Å². The molecule has 3 aromatic carbocycles. The maximum Gasteiger partial charge on any atom is 0.267 e. The lowest BCUT2D eigenvalue weighted by molar-refractivity contribution is -0.133. The predicted octanol–water partition coefficient (Wildman–Crippen LogP) is 4.99. The standard InChI is InChI=1S/C30H29N3O3/c34-29(32-36)15-11-22-10-13-26-23(18-22)12-14-28(26)33(30(35)19-21-6-2-1-3-7-21)17-16-24-20-31-27-9-5-4-8-25(24)27/h1-11,13,15,18,20,28,31,36H,12,14,16-17,19H2,(H,32,34). The molecule has 1 heterocycles. The molecule has 0 radical (unpaired) electrons. The number of hydroxylamine groups is 1. The first-order valence-electron chi connectivity index (χ1n) is 12.3. The molecule has 2 amide bonds. The summed E-state index contributed by atoms with van der Waals surface area (Å²) < 4.78 is 0. The van der Waals surface area contributed by atoms with E-state index in [-0.39, 0.29) is 11.9 Å². The quantitative estimate of drug-likeness (QED) is 0.189. The zero-order chi connectivity index (χ0) is 24.9. The number of para-hydroxylation sites is 1. The summed E-state index contributed by atoms with van der Waals surface area (Å²) in [4.78, 5) is 30.4. The number of amides is 2. The number of fused-ring (bicyclic) bond motifs is 2. The molecular weight excluding hydrogens is 450 g/mol. The van der Waals surface area contributed by atoms with Crippen molar-refractivity contribution < 1.29 is 14.8 Å². The first kappa shape index (κ1) is 23.6. The van der Waals surface area contributed by atoms with Crippen molar-refractivity contribution in [2.24, 2.45) is 0 Å². The van der Waals surface area contributed by atoms with E-state index in [0.717, 1.165) is 35.9 Å². The minimum atomic E-state index is -0.566. The summed E-state index contributed by atoms with van der Waals surface area (Å²) >= 11 is 0. The molecule has 0 saturated heterocycles. The van der Waals surface area contributed by atoms with Crippen LogP contribution in [0, 0.1) is 0 Å². The van der Waals surface area contributed by atoms with Gasteiger partial charge in [0.25, 0.3) is 5.91 Å². The third kappa shape index (κ3) is 5.09. The Kier molecular flexibility index (Phi) is 6.96. The molecule has 36 heavy (non-hydrogen) atoms. The minimum absolute atomic E-state index is 0.0141. The number of aromatic nitrogens is 1. The molecule has 6 heteroatoms. The zero-order valence-electron chi connectivity index (χ0n) is 20.0. The average molecular weight is 480 g/mol. The van der Waals surface area contributed by atoms with Crippen LogP contribution in [0.1, 0.15) is 40.3 Å². The first-order valence-corrected chi connectivity index (χ1v) is 12.3. The first-order chi connectivity index (χ1) is 17.6. The maximum absolute atomic E-state index is 13.6. The lowest BCUT2D eigenvalue weighted by Crippen LogP contribution is -2.36. The summed E-state index contributed by atoms with van der Waals surface area (Å²) in [6.45, 7) is 0.635. The highest BCUT2D eigenvalue weighted by Gasteiger charge is 2.31. The number of nitrogens with one attached hydrogen (secondary N) is 2. The molecule has 1 atom stereocenters. The lowest BCUT2D eigenvalue weighted by atomic mass is 10.0. The van der Waals surface area contributed by atoms with Crippen LogP contribution in [0.5, 0.6) is 0 Å². The van der Waals surface area contributed by atoms with Crippen LogP contribution >= 0.6 is 0 Å². The number of aryl methyl sites for hydroxylation is 1. The van der Waals surface area contributed by atoms with Gasteiger partial charge in [-0.25, -0.2) is 5.48 Å². The summed E-state index contributed by atoms with van der Waals surface area (Å²) in [5.41, 5.74) is 8.19. The summed E-state index contributed by atoms with van der Waals surface area (Å²) in [7, 11) is 0. The zero-order valence-corrected chi connectivity index (χ0v) is 20.0. The van der Waals surface area contributed by atoms with Crippen molar-refractivity contribution in [2.75, 3.05) is 6.54 Å². The molecule has 182 valence electrons. The van der Waals surface area contributed by atoms with Crippen molar-refractivity contribution in [2.45, 2.75) is 31.7 Å². The molecule has 0 bridgehead atoms. The summed E-state index contributed by atoms with van der Waals surface area (Å²) in [5.74, 6) is -0.439. The van der Waals surface area contributed by atoms with E-state index in [9.17, 15) is 9.59 Å². The van der Waals surface area contributed by atoms with E-state index in [1.165, 1.54) is 28.2 Å². The lowest BCUT2D eigenvalue weighted by Gasteiger charge is -2.30. The van der Waals surface area contributed by atoms with Crippen LogP contribution in [-0.4, -0.2) is 33.5 Å². The Morgan fingerprint density at radius 3 is 2.69 bits per heavy atom. The van der Waals surface area contributed by atoms with E-state index < -0.39 is 5.91 Å². The van der Waals surface area contributed by atoms with Gasteiger partial charge in [-0.05, 0) is 59.2 Å². The Balaban J connectivity index is 1.40. The molecule has 0 spiro atoms. The van der Waals surface area contributed by atoms with Gasteiger partial charge in [0, 0.05) is 29.7 Å². The summed E-state index contributed by atoms with van der Waals surface area (Å²) in [6, 6.07) is 24.3. The second-order valence-corrected chi connectivity index (χ2v) is 9.18. The summed E-state index contributed by atoms with van der Waals surface area (Å²) in [6.07, 6.45) is 7.91. The van der Waals surface area contributed by atoms with Crippen molar-refractivity contribution >= 4 is 28.8 Å². The van der Waals surface area contributed by atoms with Gasteiger partial charge in [-0.2, -0.15) is 0 Å². The topological polar surface area (TPSA) is 85.4 Å². The van der Waals surface area contributed by atoms with Crippen molar-refractivity contribution in [3.63, 3.8) is 0 Å². The number of hydrogen-bond acceptors (Lipinski definition) is 3. The van der Waals surface area contributed by atoms with E-state index in [2.05, 4.69) is 34.1 Å². The number of nitrogens with zero attached hydrogens (tertiary/aromatic N) is 1. The molecule has 0 saturated carbocycles. The van der Waals surface area contributed by atoms with Crippen LogP contribution in [0.2, 0.25) is 0 Å². The van der Waals surface area contributed by atoms with Crippen LogP contribution in [0.15, 0.2) is 85.1 Å². The van der Waals surface area contributed by atoms with Crippen LogP contribution in [0.25, 0.3) is 17.0 Å². The molecule has 1 aliphatic carbocycles. The molecule has 5 rings (SSSR count). The number of carbonyl (C=O) groups excluding carboxylic acids is 2. The Bertz CT molecular complexity index is 1410. The predicted molar refractivity (Wildman–Crippen MR) is 140 cm³/mol. The van der Waals surface area contributed by atoms with Crippen molar-refractivity contribution in [1.82, 2.24) is 15.4 Å². The molecular formula is C30H29N3O3. The number of rotatable bonds is 8. The largest absolute Gasteiger partial charge is 0.361 e. The number of benzene rings is 3. The van der Waals surface area contributed by atoms with Crippen LogP contribution in [-0.2, 0) is 28.9 Å². The Morgan fingerprint density at radius 1 is 1.06 bits per heavy atom. The fraction of sp³-hybridized carbons (Fsp3) is 0.200. The highest BCUT2D eigenvalue weighted by molar-refractivity contribution is 5.90. The maximum atomic E-state index is 13.6. The fourth-order valence-electron chi connectivity index (χ4n) is 5.16. The highest BCUT2D eigenvalue weighted by Crippen LogP contribution is 2.37. The molecule has 0 fully saturated rings. The Labute approximate surface area is 210 Å². The smallest absolute Gasteiger partial charge is 0.267 e. The third-order valence-electron chi connectivity index (χ3n) is 6.94. The van der Waals surface area contributed by atoms with Crippen LogP contribution in [0.3, 0.4) is 0 Å². The van der Waals surface area contributed by atoms with Crippen LogP contribution in [0.4, 0.5) is 0 Å². The molecule has 1 aliphatic rings. The van der Waals surface area contributed by atoms with E-state index in [1.807, 2.05) is 54.7 Å². The molecule has 0 aliphatic heterocycles. The van der Waals surface area contributed by atoms with E-state index in [1.54, 1.807) is 11.6 Å². The molecule has 6 nitrogen and oxygen atoms in total. The van der Waals surface area contributed by atoms with Gasteiger partial charge >= 0.3 is 0 Å². The van der Waals surface area contributed by atoms with Gasteiger partial charge in [0.1, 0.15) is 0 Å². The average Bonchev–Trinajstić information content (AvgIpc) is 3.52. The number of aromatic amines is 1. The fourth-order valence-corrected chi connectivity index (χ4v) is 5.16. The molecule has 1 aromatic heterocycles. The van der Waals surface area contributed by atoms with Gasteiger partial charge in [-0.1, -0.05) is 66.7 Å². The highest BCUT2D eigenvalue weighted by atomic mass is 16.5. The van der Waals surface area contributed by atoms with Gasteiger partial charge in [-0.15, -0.1) is 0 Å². The van der Waals surface area contributed by atoms with Gasteiger partial charge in [-0.3, -0.25) is 14.8 Å². The van der Waals surface area contributed by atoms with Gasteiger partial charge in [0.2, 0.25) is 5.91 Å². The SMILES string of the molecule is O=C(C=Cc1ccc2c(c1)CCC2N(CCc1c[nH]c2ccccc12)C(=O)Cc1ccccc1)NO. The minimum Gasteiger partial charge on any atom is -0.361 e. The van der Waals surface area contributed by atoms with Gasteiger partial charge in [0.15, 0.2) is 0 Å². The van der Waals surface area contributed by atoms with Gasteiger partial charge in [0.05, 0.1) is 12.5 Å². The number of hydrogen-bond donors (Lipinski definition) is 3. The Hall–Kier alpha value is -4.16. The van der Waals surface area contributed by atoms with Gasteiger partial charge < -0.3 is 9.88 Å². The second kappa shape index (κ2) is 10.6. The second-order valence-electron chi connectivity index (χ2n) is 9.18. The molecule has 4 aromatic rings.